The fourth-order valence-corrected chi connectivity index (χ4v) is 3.77. The summed E-state index contributed by atoms with van der Waals surface area (Å²) in [5.74, 6) is -0.442. The minimum absolute atomic E-state index is 0.186. The number of halogens is 1. The third-order valence-corrected chi connectivity index (χ3v) is 5.71. The van der Waals surface area contributed by atoms with Crippen molar-refractivity contribution < 1.29 is 23.9 Å². The molecule has 34 heavy (non-hydrogen) atoms. The van der Waals surface area contributed by atoms with Gasteiger partial charge in [0.25, 0.3) is 11.8 Å². The third kappa shape index (κ3) is 5.02. The third-order valence-electron chi connectivity index (χ3n) is 5.22. The van der Waals surface area contributed by atoms with Gasteiger partial charge >= 0.3 is 6.03 Å². The lowest BCUT2D eigenvalue weighted by Gasteiger charge is -2.26. The van der Waals surface area contributed by atoms with E-state index in [-0.39, 0.29) is 5.57 Å². The molecule has 1 N–H and O–H groups in total. The Balaban J connectivity index is 1.65. The highest BCUT2D eigenvalue weighted by Crippen LogP contribution is 2.29. The van der Waals surface area contributed by atoms with Crippen LogP contribution in [0.1, 0.15) is 16.7 Å². The van der Waals surface area contributed by atoms with E-state index in [1.54, 1.807) is 36.4 Å². The number of carbonyl (C=O) groups excluding carboxylic acids is 3. The number of hydrogen-bond donors (Lipinski definition) is 1. The van der Waals surface area contributed by atoms with E-state index in [1.807, 2.05) is 37.3 Å². The van der Waals surface area contributed by atoms with E-state index in [4.69, 9.17) is 9.47 Å². The molecule has 0 spiro atoms. The van der Waals surface area contributed by atoms with Crippen LogP contribution in [0.4, 0.5) is 10.5 Å². The van der Waals surface area contributed by atoms with E-state index in [0.29, 0.717) is 29.4 Å². The van der Waals surface area contributed by atoms with Crippen molar-refractivity contribution in [3.63, 3.8) is 0 Å². The Hall–Kier alpha value is -3.91. The van der Waals surface area contributed by atoms with Crippen LogP contribution in [0, 0.1) is 6.92 Å². The van der Waals surface area contributed by atoms with Gasteiger partial charge in [0.05, 0.1) is 12.8 Å². The maximum absolute atomic E-state index is 13.2. The van der Waals surface area contributed by atoms with Crippen molar-refractivity contribution in [2.24, 2.45) is 0 Å². The second-order valence-corrected chi connectivity index (χ2v) is 8.53. The minimum Gasteiger partial charge on any atom is -0.497 e. The van der Waals surface area contributed by atoms with E-state index in [2.05, 4.69) is 21.2 Å². The molecule has 1 aliphatic heterocycles. The number of barbiturate groups is 1. The standard InChI is InChI=1S/C26H21BrN2O5/c1-16-3-5-17(6-4-16)15-34-23-12-7-19(27)13-18(23)14-22-24(30)28-26(32)29(25(22)31)20-8-10-21(33-2)11-9-20/h3-14H,15H2,1-2H3,(H,28,30,32)/b22-14+. The summed E-state index contributed by atoms with van der Waals surface area (Å²) < 4.78 is 11.9. The molecule has 3 aromatic rings. The second-order valence-electron chi connectivity index (χ2n) is 7.61. The Morgan fingerprint density at radius 3 is 2.35 bits per heavy atom. The van der Waals surface area contributed by atoms with Crippen LogP contribution in [0.5, 0.6) is 11.5 Å². The van der Waals surface area contributed by atoms with Crippen molar-refractivity contribution in [3.8, 4) is 11.5 Å². The number of urea groups is 1. The normalized spacial score (nSPS) is 14.9. The van der Waals surface area contributed by atoms with Gasteiger partial charge in [-0.1, -0.05) is 45.8 Å². The Morgan fingerprint density at radius 2 is 1.68 bits per heavy atom. The van der Waals surface area contributed by atoms with E-state index in [1.165, 1.54) is 13.2 Å². The topological polar surface area (TPSA) is 84.9 Å². The maximum Gasteiger partial charge on any atom is 0.335 e. The summed E-state index contributed by atoms with van der Waals surface area (Å²) in [4.78, 5) is 39.2. The molecule has 1 fully saturated rings. The molecule has 0 saturated carbocycles. The van der Waals surface area contributed by atoms with Crippen LogP contribution >= 0.6 is 15.9 Å². The van der Waals surface area contributed by atoms with Crippen molar-refractivity contribution >= 4 is 45.5 Å². The monoisotopic (exact) mass is 520 g/mol. The first-order valence-corrected chi connectivity index (χ1v) is 11.2. The van der Waals surface area contributed by atoms with E-state index >= 15 is 0 Å². The highest BCUT2D eigenvalue weighted by atomic mass is 79.9. The average molecular weight is 521 g/mol. The molecular weight excluding hydrogens is 500 g/mol. The molecule has 1 heterocycles. The average Bonchev–Trinajstić information content (AvgIpc) is 2.82. The second kappa shape index (κ2) is 9.93. The van der Waals surface area contributed by atoms with Crippen LogP contribution in [-0.2, 0) is 16.2 Å². The van der Waals surface area contributed by atoms with Crippen LogP contribution in [0.2, 0.25) is 0 Å². The highest BCUT2D eigenvalue weighted by molar-refractivity contribution is 9.10. The summed E-state index contributed by atoms with van der Waals surface area (Å²) >= 11 is 3.42. The van der Waals surface area contributed by atoms with E-state index in [0.717, 1.165) is 20.5 Å². The molecule has 0 bridgehead atoms. The molecule has 0 aromatic heterocycles. The molecule has 4 rings (SSSR count). The van der Waals surface area contributed by atoms with Gasteiger partial charge in [-0.15, -0.1) is 0 Å². The number of anilines is 1. The van der Waals surface area contributed by atoms with Gasteiger partial charge in [0.2, 0.25) is 0 Å². The molecule has 4 amide bonds. The van der Waals surface area contributed by atoms with Crippen LogP contribution in [-0.4, -0.2) is 25.0 Å². The van der Waals surface area contributed by atoms with Crippen LogP contribution in [0.3, 0.4) is 0 Å². The van der Waals surface area contributed by atoms with Crippen LogP contribution < -0.4 is 19.7 Å². The van der Waals surface area contributed by atoms with E-state index < -0.39 is 17.8 Å². The van der Waals surface area contributed by atoms with Crippen molar-refractivity contribution in [3.05, 3.63) is 93.5 Å². The SMILES string of the molecule is COc1ccc(N2C(=O)NC(=O)/C(=C\c3cc(Br)ccc3OCc3ccc(C)cc3)C2=O)cc1. The predicted molar refractivity (Wildman–Crippen MR) is 132 cm³/mol. The number of ether oxygens (including phenoxy) is 2. The fourth-order valence-electron chi connectivity index (χ4n) is 3.39. The summed E-state index contributed by atoms with van der Waals surface area (Å²) in [6, 6.07) is 18.8. The first-order valence-electron chi connectivity index (χ1n) is 10.4. The van der Waals surface area contributed by atoms with Gasteiger partial charge in [-0.3, -0.25) is 14.9 Å². The zero-order chi connectivity index (χ0) is 24.2. The number of rotatable bonds is 6. The quantitative estimate of drug-likeness (QED) is 0.364. The molecule has 1 aliphatic rings. The number of nitrogens with zero attached hydrogens (tertiary/aromatic N) is 1. The van der Waals surface area contributed by atoms with Gasteiger partial charge in [0.1, 0.15) is 23.7 Å². The lowest BCUT2D eigenvalue weighted by Crippen LogP contribution is -2.54. The van der Waals surface area contributed by atoms with Crippen molar-refractivity contribution in [1.82, 2.24) is 5.32 Å². The van der Waals surface area contributed by atoms with Gasteiger partial charge < -0.3 is 9.47 Å². The molecule has 7 nitrogen and oxygen atoms in total. The smallest absolute Gasteiger partial charge is 0.335 e. The first kappa shape index (κ1) is 23.3. The summed E-state index contributed by atoms with van der Waals surface area (Å²) in [5, 5.41) is 2.23. The number of hydrogen-bond acceptors (Lipinski definition) is 5. The Labute approximate surface area is 205 Å². The summed E-state index contributed by atoms with van der Waals surface area (Å²) in [7, 11) is 1.52. The van der Waals surface area contributed by atoms with E-state index in [9.17, 15) is 14.4 Å². The van der Waals surface area contributed by atoms with Gasteiger partial charge in [-0.05, 0) is 61.0 Å². The molecule has 8 heteroatoms. The zero-order valence-corrected chi connectivity index (χ0v) is 20.1. The lowest BCUT2D eigenvalue weighted by molar-refractivity contribution is -0.122. The number of benzene rings is 3. The largest absolute Gasteiger partial charge is 0.497 e. The Morgan fingerprint density at radius 1 is 0.971 bits per heavy atom. The number of amides is 4. The fraction of sp³-hybridized carbons (Fsp3) is 0.115. The van der Waals surface area contributed by atoms with Gasteiger partial charge in [-0.25, -0.2) is 9.69 Å². The Bertz CT molecular complexity index is 1280. The predicted octanol–water partition coefficient (Wildman–Crippen LogP) is 5.01. The minimum atomic E-state index is -0.817. The van der Waals surface area contributed by atoms with Gasteiger partial charge in [-0.2, -0.15) is 0 Å². The number of carbonyl (C=O) groups is 3. The molecule has 0 unspecified atom stereocenters. The molecule has 172 valence electrons. The van der Waals surface area contributed by atoms with Crippen molar-refractivity contribution in [1.29, 1.82) is 0 Å². The molecule has 1 saturated heterocycles. The Kier molecular flexibility index (Phi) is 6.79. The molecular formula is C26H21BrN2O5. The summed E-state index contributed by atoms with van der Waals surface area (Å²) in [6.07, 6.45) is 1.43. The first-order chi connectivity index (χ1) is 16.4. The van der Waals surface area contributed by atoms with Crippen molar-refractivity contribution in [2.75, 3.05) is 12.0 Å². The molecule has 0 aliphatic carbocycles. The zero-order valence-electron chi connectivity index (χ0n) is 18.5. The summed E-state index contributed by atoms with van der Waals surface area (Å²) in [5.41, 5.74) is 2.77. The van der Waals surface area contributed by atoms with Crippen LogP contribution in [0.25, 0.3) is 6.08 Å². The number of nitrogens with one attached hydrogen (secondary N) is 1. The maximum atomic E-state index is 13.2. The lowest BCUT2D eigenvalue weighted by atomic mass is 10.1. The van der Waals surface area contributed by atoms with Gasteiger partial charge in [0, 0.05) is 10.0 Å². The van der Waals surface area contributed by atoms with Crippen LogP contribution in [0.15, 0.2) is 76.8 Å². The number of imide groups is 2. The molecule has 0 radical (unpaired) electrons. The highest BCUT2D eigenvalue weighted by Gasteiger charge is 2.37. The van der Waals surface area contributed by atoms with Gasteiger partial charge in [0.15, 0.2) is 0 Å². The number of methoxy groups -OCH3 is 1. The molecule has 0 atom stereocenters. The molecule has 3 aromatic carbocycles. The summed E-state index contributed by atoms with van der Waals surface area (Å²) in [6.45, 7) is 2.32. The van der Waals surface area contributed by atoms with Crippen molar-refractivity contribution in [2.45, 2.75) is 13.5 Å². The number of aryl methyl sites for hydroxylation is 1.